The van der Waals surface area contributed by atoms with Gasteiger partial charge in [-0.25, -0.2) is 8.42 Å². The van der Waals surface area contributed by atoms with E-state index >= 15 is 0 Å². The SMILES string of the molecule is Cc1ccc(S(=O)(=O)N2CC[C@H](Br)C(=O)Cc3ccccc32)cc1. The summed E-state index contributed by atoms with van der Waals surface area (Å²) in [5.74, 6) is 0.0785. The molecule has 1 aliphatic heterocycles. The van der Waals surface area contributed by atoms with E-state index in [4.69, 9.17) is 0 Å². The number of para-hydroxylation sites is 1. The summed E-state index contributed by atoms with van der Waals surface area (Å²) in [7, 11) is -3.67. The lowest BCUT2D eigenvalue weighted by Crippen LogP contribution is -2.37. The van der Waals surface area contributed by atoms with Crippen molar-refractivity contribution in [2.24, 2.45) is 0 Å². The Morgan fingerprint density at radius 3 is 2.46 bits per heavy atom. The van der Waals surface area contributed by atoms with Crippen molar-refractivity contribution >= 4 is 37.4 Å². The monoisotopic (exact) mass is 407 g/mol. The zero-order valence-electron chi connectivity index (χ0n) is 13.3. The molecular formula is C18H18BrNO3S. The normalized spacial score (nSPS) is 18.7. The second-order valence-corrected chi connectivity index (χ2v) is 8.89. The molecule has 0 amide bonds. The first-order chi connectivity index (χ1) is 11.4. The molecule has 1 heterocycles. The number of aryl methyl sites for hydroxylation is 1. The summed E-state index contributed by atoms with van der Waals surface area (Å²) in [6.07, 6.45) is 0.671. The van der Waals surface area contributed by atoms with Gasteiger partial charge in [0, 0.05) is 13.0 Å². The molecule has 0 fully saturated rings. The summed E-state index contributed by atoms with van der Waals surface area (Å²) in [5, 5.41) is 0. The molecule has 0 aromatic heterocycles. The number of Topliss-reactive ketones (excluding diaryl/α,β-unsaturated/α-hetero) is 1. The van der Waals surface area contributed by atoms with Crippen LogP contribution in [0.5, 0.6) is 0 Å². The Morgan fingerprint density at radius 2 is 1.75 bits per heavy atom. The smallest absolute Gasteiger partial charge is 0.264 e. The summed E-state index contributed by atoms with van der Waals surface area (Å²) >= 11 is 3.38. The van der Waals surface area contributed by atoms with E-state index < -0.39 is 10.0 Å². The molecule has 0 saturated carbocycles. The zero-order valence-corrected chi connectivity index (χ0v) is 15.7. The van der Waals surface area contributed by atoms with Gasteiger partial charge in [0.25, 0.3) is 10.0 Å². The Kier molecular flexibility index (Phi) is 4.78. The molecule has 24 heavy (non-hydrogen) atoms. The molecule has 1 aliphatic rings. The van der Waals surface area contributed by atoms with E-state index in [9.17, 15) is 13.2 Å². The quantitative estimate of drug-likeness (QED) is 0.716. The second kappa shape index (κ2) is 6.69. The van der Waals surface area contributed by atoms with Crippen molar-refractivity contribution < 1.29 is 13.2 Å². The van der Waals surface area contributed by atoms with E-state index in [0.29, 0.717) is 12.1 Å². The number of hydrogen-bond donors (Lipinski definition) is 0. The number of hydrogen-bond acceptors (Lipinski definition) is 3. The van der Waals surface area contributed by atoms with Gasteiger partial charge < -0.3 is 0 Å². The molecule has 0 N–H and O–H groups in total. The summed E-state index contributed by atoms with van der Waals surface area (Å²) in [6, 6.07) is 14.0. The molecule has 4 nitrogen and oxygen atoms in total. The molecule has 2 aromatic rings. The molecule has 0 saturated heterocycles. The van der Waals surface area contributed by atoms with Crippen LogP contribution in [0.2, 0.25) is 0 Å². The van der Waals surface area contributed by atoms with Gasteiger partial charge in [-0.1, -0.05) is 51.8 Å². The van der Waals surface area contributed by atoms with Crippen LogP contribution in [0, 0.1) is 6.92 Å². The van der Waals surface area contributed by atoms with Crippen molar-refractivity contribution in [3.05, 3.63) is 59.7 Å². The number of rotatable bonds is 2. The lowest BCUT2D eigenvalue weighted by atomic mass is 10.0. The minimum atomic E-state index is -3.67. The number of fused-ring (bicyclic) bond motifs is 1. The Bertz CT molecular complexity index is 862. The van der Waals surface area contributed by atoms with Crippen LogP contribution < -0.4 is 4.31 Å². The fraction of sp³-hybridized carbons (Fsp3) is 0.278. The molecule has 0 spiro atoms. The lowest BCUT2D eigenvalue weighted by molar-refractivity contribution is -0.117. The molecule has 0 bridgehead atoms. The van der Waals surface area contributed by atoms with Crippen molar-refractivity contribution in [2.45, 2.75) is 29.5 Å². The van der Waals surface area contributed by atoms with Crippen LogP contribution in [-0.2, 0) is 21.2 Å². The number of anilines is 1. The molecule has 0 unspecified atom stereocenters. The maximum absolute atomic E-state index is 13.1. The first-order valence-electron chi connectivity index (χ1n) is 7.73. The fourth-order valence-corrected chi connectivity index (χ4v) is 4.69. The van der Waals surface area contributed by atoms with Gasteiger partial charge >= 0.3 is 0 Å². The lowest BCUT2D eigenvalue weighted by Gasteiger charge is -2.29. The Labute approximate surface area is 150 Å². The van der Waals surface area contributed by atoms with E-state index in [0.717, 1.165) is 11.1 Å². The van der Waals surface area contributed by atoms with Crippen LogP contribution in [0.3, 0.4) is 0 Å². The largest absolute Gasteiger partial charge is 0.298 e. The molecule has 6 heteroatoms. The third kappa shape index (κ3) is 3.26. The first kappa shape index (κ1) is 17.2. The van der Waals surface area contributed by atoms with Crippen molar-refractivity contribution in [2.75, 3.05) is 10.8 Å². The first-order valence-corrected chi connectivity index (χ1v) is 10.1. The van der Waals surface area contributed by atoms with E-state index in [2.05, 4.69) is 15.9 Å². The number of nitrogens with zero attached hydrogens (tertiary/aromatic N) is 1. The van der Waals surface area contributed by atoms with Crippen LogP contribution in [-0.4, -0.2) is 25.6 Å². The Morgan fingerprint density at radius 1 is 1.08 bits per heavy atom. The molecule has 2 aromatic carbocycles. The summed E-state index contributed by atoms with van der Waals surface area (Å²) in [4.78, 5) is 12.1. The third-order valence-corrected chi connectivity index (χ3v) is 6.96. The number of carbonyl (C=O) groups excluding carboxylic acids is 1. The van der Waals surface area contributed by atoms with Gasteiger partial charge in [-0.3, -0.25) is 9.10 Å². The number of benzene rings is 2. The summed E-state index contributed by atoms with van der Waals surface area (Å²) in [5.41, 5.74) is 2.33. The highest BCUT2D eigenvalue weighted by Gasteiger charge is 2.30. The number of alkyl halides is 1. The maximum atomic E-state index is 13.1. The topological polar surface area (TPSA) is 54.5 Å². The standard InChI is InChI=1S/C18H18BrNO3S/c1-13-6-8-15(9-7-13)24(22,23)20-11-10-16(19)18(21)12-14-4-2-3-5-17(14)20/h2-9,16H,10-12H2,1H3/t16-/m0/s1. The number of carbonyl (C=O) groups is 1. The number of ketones is 1. The maximum Gasteiger partial charge on any atom is 0.264 e. The van der Waals surface area contributed by atoms with E-state index in [1.807, 2.05) is 19.1 Å². The summed E-state index contributed by atoms with van der Waals surface area (Å²) < 4.78 is 27.7. The minimum absolute atomic E-state index is 0.0785. The van der Waals surface area contributed by atoms with E-state index in [-0.39, 0.29) is 28.5 Å². The van der Waals surface area contributed by atoms with Gasteiger partial charge in [0.2, 0.25) is 0 Å². The fourth-order valence-electron chi connectivity index (χ4n) is 2.80. The van der Waals surface area contributed by atoms with Crippen LogP contribution in [0.1, 0.15) is 17.5 Å². The van der Waals surface area contributed by atoms with Gasteiger partial charge in [-0.15, -0.1) is 0 Å². The van der Waals surface area contributed by atoms with Crippen molar-refractivity contribution in [1.29, 1.82) is 0 Å². The van der Waals surface area contributed by atoms with Gasteiger partial charge in [0.05, 0.1) is 15.4 Å². The van der Waals surface area contributed by atoms with Crippen LogP contribution in [0.15, 0.2) is 53.4 Å². The van der Waals surface area contributed by atoms with Crippen molar-refractivity contribution in [1.82, 2.24) is 0 Å². The number of sulfonamides is 1. The van der Waals surface area contributed by atoms with Crippen molar-refractivity contribution in [3.63, 3.8) is 0 Å². The predicted molar refractivity (Wildman–Crippen MR) is 98.2 cm³/mol. The molecule has 0 aliphatic carbocycles. The molecular weight excluding hydrogens is 390 g/mol. The average Bonchev–Trinajstić information content (AvgIpc) is 2.55. The molecule has 126 valence electrons. The number of halogens is 1. The summed E-state index contributed by atoms with van der Waals surface area (Å²) in [6.45, 7) is 2.18. The predicted octanol–water partition coefficient (Wildman–Crippen LogP) is 3.47. The Hall–Kier alpha value is -1.66. The molecule has 0 radical (unpaired) electrons. The van der Waals surface area contributed by atoms with E-state index in [1.165, 1.54) is 4.31 Å². The van der Waals surface area contributed by atoms with Crippen molar-refractivity contribution in [3.8, 4) is 0 Å². The van der Waals surface area contributed by atoms with Gasteiger partial charge in [-0.05, 0) is 37.1 Å². The van der Waals surface area contributed by atoms with Gasteiger partial charge in [0.15, 0.2) is 5.78 Å². The van der Waals surface area contributed by atoms with E-state index in [1.54, 1.807) is 36.4 Å². The van der Waals surface area contributed by atoms with Gasteiger partial charge in [-0.2, -0.15) is 0 Å². The second-order valence-electron chi connectivity index (χ2n) is 5.92. The zero-order chi connectivity index (χ0) is 17.3. The Balaban J connectivity index is 2.10. The molecule has 3 rings (SSSR count). The van der Waals surface area contributed by atoms with Gasteiger partial charge in [0.1, 0.15) is 0 Å². The van der Waals surface area contributed by atoms with Crippen LogP contribution in [0.4, 0.5) is 5.69 Å². The minimum Gasteiger partial charge on any atom is -0.298 e. The van der Waals surface area contributed by atoms with Crippen LogP contribution in [0.25, 0.3) is 0 Å². The highest BCUT2D eigenvalue weighted by molar-refractivity contribution is 9.10. The average molecular weight is 408 g/mol. The highest BCUT2D eigenvalue weighted by Crippen LogP contribution is 2.31. The third-order valence-electron chi connectivity index (χ3n) is 4.17. The van der Waals surface area contributed by atoms with Crippen LogP contribution >= 0.6 is 15.9 Å². The molecule has 1 atom stereocenters. The highest BCUT2D eigenvalue weighted by atomic mass is 79.9.